The first kappa shape index (κ1) is 13.6. The molecule has 0 aliphatic rings. The zero-order valence-electron chi connectivity index (χ0n) is 10.1. The molecule has 0 aliphatic carbocycles. The van der Waals surface area contributed by atoms with Gasteiger partial charge in [0.25, 0.3) is 0 Å². The van der Waals surface area contributed by atoms with Crippen LogP contribution in [0, 0.1) is 6.92 Å². The van der Waals surface area contributed by atoms with Crippen LogP contribution >= 0.6 is 11.6 Å². The highest BCUT2D eigenvalue weighted by molar-refractivity contribution is 6.31. The van der Waals surface area contributed by atoms with E-state index in [9.17, 15) is 4.79 Å². The number of carbonyl (C=O) groups excluding carboxylic acids is 1. The number of benzene rings is 1. The Morgan fingerprint density at radius 2 is 2.18 bits per heavy atom. The lowest BCUT2D eigenvalue weighted by atomic mass is 10.2. The predicted molar refractivity (Wildman–Crippen MR) is 67.5 cm³/mol. The molecule has 1 aromatic rings. The van der Waals surface area contributed by atoms with E-state index in [4.69, 9.17) is 16.3 Å². The quantitative estimate of drug-likeness (QED) is 0.612. The van der Waals surface area contributed by atoms with Crippen molar-refractivity contribution in [1.82, 2.24) is 0 Å². The van der Waals surface area contributed by atoms with Crippen LogP contribution in [-0.4, -0.2) is 19.7 Å². The van der Waals surface area contributed by atoms with Crippen molar-refractivity contribution >= 4 is 17.6 Å². The summed E-state index contributed by atoms with van der Waals surface area (Å²) in [5, 5.41) is 0.707. The molecule has 0 fully saturated rings. The van der Waals surface area contributed by atoms with E-state index in [2.05, 4.69) is 4.74 Å². The van der Waals surface area contributed by atoms with E-state index in [1.165, 1.54) is 7.11 Å². The van der Waals surface area contributed by atoms with Gasteiger partial charge in [0.2, 0.25) is 0 Å². The zero-order chi connectivity index (χ0) is 12.8. The molecule has 0 aromatic heterocycles. The van der Waals surface area contributed by atoms with E-state index >= 15 is 0 Å². The average Bonchev–Trinajstić information content (AvgIpc) is 2.32. The highest BCUT2D eigenvalue weighted by Gasteiger charge is 2.02. The molecule has 3 nitrogen and oxygen atoms in total. The molecular weight excluding hydrogens is 240 g/mol. The molecule has 0 radical (unpaired) electrons. The van der Waals surface area contributed by atoms with Crippen LogP contribution in [0.5, 0.6) is 5.75 Å². The van der Waals surface area contributed by atoms with Crippen LogP contribution in [0.15, 0.2) is 29.8 Å². The zero-order valence-corrected chi connectivity index (χ0v) is 10.9. The Kier molecular flexibility index (Phi) is 5.04. The molecule has 4 heteroatoms. The molecule has 92 valence electrons. The topological polar surface area (TPSA) is 35.5 Å². The number of carbonyl (C=O) groups is 1. The van der Waals surface area contributed by atoms with Crippen LogP contribution in [0.25, 0.3) is 0 Å². The summed E-state index contributed by atoms with van der Waals surface area (Å²) >= 11 is 5.90. The Balaban J connectivity index is 2.56. The minimum atomic E-state index is -0.346. The van der Waals surface area contributed by atoms with Gasteiger partial charge in [0, 0.05) is 10.6 Å². The van der Waals surface area contributed by atoms with Gasteiger partial charge in [-0.1, -0.05) is 11.6 Å². The maximum absolute atomic E-state index is 11.1. The molecule has 1 aromatic carbocycles. The molecule has 0 saturated carbocycles. The molecule has 17 heavy (non-hydrogen) atoms. The monoisotopic (exact) mass is 254 g/mol. The predicted octanol–water partition coefficient (Wildman–Crippen LogP) is 3.15. The summed E-state index contributed by atoms with van der Waals surface area (Å²) in [6.45, 7) is 3.91. The summed E-state index contributed by atoms with van der Waals surface area (Å²) in [5.74, 6) is 0.377. The molecule has 1 rings (SSSR count). The molecule has 0 bridgehead atoms. The number of esters is 1. The second-order valence-corrected chi connectivity index (χ2v) is 4.01. The fraction of sp³-hybridized carbons (Fsp3) is 0.308. The van der Waals surface area contributed by atoms with Gasteiger partial charge in [-0.05, 0) is 43.7 Å². The lowest BCUT2D eigenvalue weighted by molar-refractivity contribution is -0.136. The second-order valence-electron chi connectivity index (χ2n) is 3.60. The second kappa shape index (κ2) is 6.30. The highest BCUT2D eigenvalue weighted by Crippen LogP contribution is 2.20. The van der Waals surface area contributed by atoms with Gasteiger partial charge in [-0.3, -0.25) is 0 Å². The third-order valence-electron chi connectivity index (χ3n) is 2.28. The lowest BCUT2D eigenvalue weighted by Crippen LogP contribution is -2.04. The molecule has 0 amide bonds. The van der Waals surface area contributed by atoms with Crippen LogP contribution in [-0.2, 0) is 9.53 Å². The summed E-state index contributed by atoms with van der Waals surface area (Å²) < 4.78 is 10.0. The van der Waals surface area contributed by atoms with Crippen LogP contribution in [0.3, 0.4) is 0 Å². The largest absolute Gasteiger partial charge is 0.490 e. The van der Waals surface area contributed by atoms with E-state index < -0.39 is 0 Å². The van der Waals surface area contributed by atoms with Gasteiger partial charge < -0.3 is 9.47 Å². The van der Waals surface area contributed by atoms with Crippen molar-refractivity contribution in [1.29, 1.82) is 0 Å². The number of ether oxygens (including phenoxy) is 2. The first-order valence-electron chi connectivity index (χ1n) is 5.18. The van der Waals surface area contributed by atoms with Crippen molar-refractivity contribution in [3.05, 3.63) is 40.4 Å². The molecule has 0 spiro atoms. The molecule has 0 N–H and O–H groups in total. The Hall–Kier alpha value is -1.48. The highest BCUT2D eigenvalue weighted by atomic mass is 35.5. The number of hydrogen-bond acceptors (Lipinski definition) is 3. The van der Waals surface area contributed by atoms with Gasteiger partial charge in [-0.25, -0.2) is 4.79 Å². The Labute approximate surface area is 106 Å². The minimum Gasteiger partial charge on any atom is -0.490 e. The molecule has 0 unspecified atom stereocenters. The first-order chi connectivity index (χ1) is 8.04. The third kappa shape index (κ3) is 4.11. The summed E-state index contributed by atoms with van der Waals surface area (Å²) in [6.07, 6.45) is 1.68. The number of hydrogen-bond donors (Lipinski definition) is 0. The molecule has 0 atom stereocenters. The van der Waals surface area contributed by atoms with Crippen molar-refractivity contribution in [2.24, 2.45) is 0 Å². The van der Waals surface area contributed by atoms with Crippen molar-refractivity contribution in [3.63, 3.8) is 0 Å². The summed E-state index contributed by atoms with van der Waals surface area (Å²) in [4.78, 5) is 11.1. The maximum Gasteiger partial charge on any atom is 0.333 e. The summed E-state index contributed by atoms with van der Waals surface area (Å²) in [6, 6.07) is 5.42. The fourth-order valence-corrected chi connectivity index (χ4v) is 1.33. The van der Waals surface area contributed by atoms with E-state index in [1.807, 2.05) is 13.0 Å². The Bertz CT molecular complexity index is 438. The van der Waals surface area contributed by atoms with Gasteiger partial charge in [-0.15, -0.1) is 0 Å². The van der Waals surface area contributed by atoms with E-state index in [0.717, 1.165) is 11.3 Å². The van der Waals surface area contributed by atoms with Crippen LogP contribution in [0.2, 0.25) is 5.02 Å². The lowest BCUT2D eigenvalue weighted by Gasteiger charge is -2.06. The summed E-state index contributed by atoms with van der Waals surface area (Å²) in [7, 11) is 1.35. The number of methoxy groups -OCH3 is 1. The number of rotatable bonds is 4. The maximum atomic E-state index is 11.1. The Morgan fingerprint density at radius 1 is 1.47 bits per heavy atom. The van der Waals surface area contributed by atoms with Crippen molar-refractivity contribution < 1.29 is 14.3 Å². The van der Waals surface area contributed by atoms with Gasteiger partial charge in [0.05, 0.1) is 7.11 Å². The van der Waals surface area contributed by atoms with Crippen molar-refractivity contribution in [2.45, 2.75) is 13.8 Å². The number of aryl methyl sites for hydroxylation is 1. The fourth-order valence-electron chi connectivity index (χ4n) is 1.21. The molecular formula is C13H15ClO3. The van der Waals surface area contributed by atoms with E-state index in [1.54, 1.807) is 25.1 Å². The standard InChI is InChI=1S/C13H15ClO3/c1-9(13(15)16-3)6-7-17-11-4-5-12(14)10(2)8-11/h4-6,8H,7H2,1-3H3. The van der Waals surface area contributed by atoms with Gasteiger partial charge >= 0.3 is 5.97 Å². The van der Waals surface area contributed by atoms with Crippen molar-refractivity contribution in [2.75, 3.05) is 13.7 Å². The van der Waals surface area contributed by atoms with Crippen LogP contribution in [0.1, 0.15) is 12.5 Å². The smallest absolute Gasteiger partial charge is 0.333 e. The minimum absolute atomic E-state index is 0.321. The normalized spacial score (nSPS) is 11.2. The van der Waals surface area contributed by atoms with Gasteiger partial charge in [0.1, 0.15) is 12.4 Å². The van der Waals surface area contributed by atoms with E-state index in [-0.39, 0.29) is 5.97 Å². The third-order valence-corrected chi connectivity index (χ3v) is 2.70. The Morgan fingerprint density at radius 3 is 2.76 bits per heavy atom. The summed E-state index contributed by atoms with van der Waals surface area (Å²) in [5.41, 5.74) is 1.48. The average molecular weight is 255 g/mol. The van der Waals surface area contributed by atoms with Crippen molar-refractivity contribution in [3.8, 4) is 5.75 Å². The first-order valence-corrected chi connectivity index (χ1v) is 5.56. The van der Waals surface area contributed by atoms with Crippen LogP contribution < -0.4 is 4.74 Å². The molecule has 0 aliphatic heterocycles. The van der Waals surface area contributed by atoms with Gasteiger partial charge in [0.15, 0.2) is 0 Å². The SMILES string of the molecule is COC(=O)C(C)=CCOc1ccc(Cl)c(C)c1. The van der Waals surface area contributed by atoms with E-state index in [0.29, 0.717) is 17.2 Å². The van der Waals surface area contributed by atoms with Gasteiger partial charge in [-0.2, -0.15) is 0 Å². The molecule has 0 saturated heterocycles. The number of halogens is 1. The van der Waals surface area contributed by atoms with Crippen LogP contribution in [0.4, 0.5) is 0 Å². The molecule has 0 heterocycles.